The van der Waals surface area contributed by atoms with Gasteiger partial charge in [0.15, 0.2) is 11.5 Å². The van der Waals surface area contributed by atoms with E-state index in [2.05, 4.69) is 25.5 Å². The van der Waals surface area contributed by atoms with Crippen LogP contribution in [0.3, 0.4) is 0 Å². The highest BCUT2D eigenvalue weighted by molar-refractivity contribution is 5.81. The molecule has 2 aromatic heterocycles. The Kier molecular flexibility index (Phi) is 3.12. The molecule has 7 nitrogen and oxygen atoms in total. The minimum atomic E-state index is 0.209. The number of phenols is 1. The van der Waals surface area contributed by atoms with Gasteiger partial charge >= 0.3 is 0 Å². The van der Waals surface area contributed by atoms with Crippen LogP contribution in [0.2, 0.25) is 0 Å². The molecule has 1 aliphatic heterocycles. The first kappa shape index (κ1) is 13.0. The maximum atomic E-state index is 9.39. The first-order chi connectivity index (χ1) is 10.8. The number of aromatic hydroxyl groups is 1. The van der Waals surface area contributed by atoms with Crippen LogP contribution in [-0.2, 0) is 0 Å². The molecule has 1 saturated heterocycles. The minimum Gasteiger partial charge on any atom is -0.508 e. The van der Waals surface area contributed by atoms with Crippen molar-refractivity contribution in [2.75, 3.05) is 19.7 Å². The number of aromatic amines is 1. The quantitative estimate of drug-likeness (QED) is 0.672. The lowest BCUT2D eigenvalue weighted by molar-refractivity contribution is 0.195. The molecule has 3 N–H and O–H groups in total. The summed E-state index contributed by atoms with van der Waals surface area (Å²) in [5, 5.41) is 20.2. The van der Waals surface area contributed by atoms with Gasteiger partial charge in [-0.3, -0.25) is 5.10 Å². The Hall–Kier alpha value is -2.67. The third-order valence-electron chi connectivity index (χ3n) is 3.72. The van der Waals surface area contributed by atoms with Gasteiger partial charge in [-0.2, -0.15) is 10.1 Å². The fourth-order valence-electron chi connectivity index (χ4n) is 2.32. The molecule has 3 heterocycles. The maximum Gasteiger partial charge on any atom is 0.228 e. The molecule has 0 unspecified atom stereocenters. The molecule has 22 heavy (non-hydrogen) atoms. The second kappa shape index (κ2) is 5.27. The summed E-state index contributed by atoms with van der Waals surface area (Å²) < 4.78 is 5.87. The van der Waals surface area contributed by atoms with Gasteiger partial charge in [0.05, 0.1) is 12.8 Å². The zero-order valence-corrected chi connectivity index (χ0v) is 11.8. The molecule has 0 spiro atoms. The van der Waals surface area contributed by atoms with Crippen molar-refractivity contribution < 1.29 is 9.84 Å². The van der Waals surface area contributed by atoms with Crippen LogP contribution in [0.4, 0.5) is 0 Å². The van der Waals surface area contributed by atoms with Gasteiger partial charge in [-0.05, 0) is 24.3 Å². The standard InChI is InChI=1S/C15H15N5O2/c21-11-3-1-10(2-4-11)13-18-14-12(7-17-20-14)15(19-13)22-8-9-5-16-6-9/h1-4,7,9,16,21H,5-6,8H2,(H,17,18,19,20). The van der Waals surface area contributed by atoms with Gasteiger partial charge in [-0.1, -0.05) is 0 Å². The van der Waals surface area contributed by atoms with Crippen molar-refractivity contribution >= 4 is 11.0 Å². The van der Waals surface area contributed by atoms with Gasteiger partial charge < -0.3 is 15.2 Å². The summed E-state index contributed by atoms with van der Waals surface area (Å²) in [7, 11) is 0. The van der Waals surface area contributed by atoms with Crippen LogP contribution in [0, 0.1) is 5.92 Å². The molecule has 0 saturated carbocycles. The molecule has 112 valence electrons. The molecular weight excluding hydrogens is 282 g/mol. The van der Waals surface area contributed by atoms with Crippen LogP contribution >= 0.6 is 0 Å². The number of nitrogens with zero attached hydrogens (tertiary/aromatic N) is 3. The third kappa shape index (κ3) is 2.35. The number of fused-ring (bicyclic) bond motifs is 1. The second-order valence-corrected chi connectivity index (χ2v) is 5.37. The number of ether oxygens (including phenoxy) is 1. The number of aromatic nitrogens is 4. The zero-order chi connectivity index (χ0) is 14.9. The van der Waals surface area contributed by atoms with Crippen molar-refractivity contribution in [1.29, 1.82) is 0 Å². The van der Waals surface area contributed by atoms with Crippen LogP contribution in [0.25, 0.3) is 22.4 Å². The Morgan fingerprint density at radius 1 is 1.18 bits per heavy atom. The molecule has 1 aromatic carbocycles. The van der Waals surface area contributed by atoms with E-state index >= 15 is 0 Å². The fourth-order valence-corrected chi connectivity index (χ4v) is 2.32. The summed E-state index contributed by atoms with van der Waals surface area (Å²) in [4.78, 5) is 8.96. The van der Waals surface area contributed by atoms with Crippen molar-refractivity contribution in [3.63, 3.8) is 0 Å². The van der Waals surface area contributed by atoms with Gasteiger partial charge in [-0.25, -0.2) is 4.98 Å². The van der Waals surface area contributed by atoms with Crippen molar-refractivity contribution in [2.45, 2.75) is 0 Å². The number of phenolic OH excluding ortho intramolecular Hbond substituents is 1. The Bertz CT molecular complexity index is 795. The van der Waals surface area contributed by atoms with E-state index < -0.39 is 0 Å². The van der Waals surface area contributed by atoms with Crippen LogP contribution < -0.4 is 10.1 Å². The molecule has 0 amide bonds. The van der Waals surface area contributed by atoms with Gasteiger partial charge in [0, 0.05) is 24.6 Å². The van der Waals surface area contributed by atoms with Crippen LogP contribution in [0.5, 0.6) is 11.6 Å². The van der Waals surface area contributed by atoms with E-state index in [4.69, 9.17) is 4.74 Å². The first-order valence-corrected chi connectivity index (χ1v) is 7.13. The minimum absolute atomic E-state index is 0.209. The van der Waals surface area contributed by atoms with Crippen LogP contribution in [0.1, 0.15) is 0 Å². The van der Waals surface area contributed by atoms with E-state index in [9.17, 15) is 5.11 Å². The lowest BCUT2D eigenvalue weighted by atomic mass is 10.1. The van der Waals surface area contributed by atoms with E-state index in [-0.39, 0.29) is 5.75 Å². The zero-order valence-electron chi connectivity index (χ0n) is 11.8. The van der Waals surface area contributed by atoms with Gasteiger partial charge in [0.25, 0.3) is 0 Å². The number of benzene rings is 1. The summed E-state index contributed by atoms with van der Waals surface area (Å²) >= 11 is 0. The van der Waals surface area contributed by atoms with Crippen molar-refractivity contribution in [2.24, 2.45) is 5.92 Å². The number of nitrogens with one attached hydrogen (secondary N) is 2. The molecule has 1 aliphatic rings. The molecule has 0 atom stereocenters. The summed E-state index contributed by atoms with van der Waals surface area (Å²) in [6, 6.07) is 6.76. The molecule has 3 aromatic rings. The Morgan fingerprint density at radius 2 is 2.00 bits per heavy atom. The average Bonchev–Trinajstić information content (AvgIpc) is 2.94. The molecule has 1 fully saturated rings. The lowest BCUT2D eigenvalue weighted by Crippen LogP contribution is -2.45. The van der Waals surface area contributed by atoms with E-state index in [1.807, 2.05) is 0 Å². The normalized spacial score (nSPS) is 14.9. The second-order valence-electron chi connectivity index (χ2n) is 5.37. The van der Waals surface area contributed by atoms with Crippen LogP contribution in [-0.4, -0.2) is 45.0 Å². The summed E-state index contributed by atoms with van der Waals surface area (Å²) in [5.41, 5.74) is 1.45. The molecular formula is C15H15N5O2. The number of hydrogen-bond acceptors (Lipinski definition) is 6. The Morgan fingerprint density at radius 3 is 2.73 bits per heavy atom. The SMILES string of the molecule is Oc1ccc(-c2nc(OCC3CNC3)c3cn[nH]c3n2)cc1. The smallest absolute Gasteiger partial charge is 0.228 e. The number of H-pyrrole nitrogens is 1. The van der Waals surface area contributed by atoms with Crippen molar-refractivity contribution in [1.82, 2.24) is 25.5 Å². The molecule has 0 bridgehead atoms. The van der Waals surface area contributed by atoms with Gasteiger partial charge in [-0.15, -0.1) is 0 Å². The van der Waals surface area contributed by atoms with Gasteiger partial charge in [0.2, 0.25) is 5.88 Å². The Labute approximate surface area is 126 Å². The largest absolute Gasteiger partial charge is 0.508 e. The summed E-state index contributed by atoms with van der Waals surface area (Å²) in [6.07, 6.45) is 1.67. The highest BCUT2D eigenvalue weighted by Gasteiger charge is 2.19. The number of hydrogen-bond donors (Lipinski definition) is 3. The van der Waals surface area contributed by atoms with E-state index in [0.29, 0.717) is 29.9 Å². The maximum absolute atomic E-state index is 9.39. The highest BCUT2D eigenvalue weighted by Crippen LogP contribution is 2.26. The Balaban J connectivity index is 1.70. The first-order valence-electron chi connectivity index (χ1n) is 7.13. The summed E-state index contributed by atoms with van der Waals surface area (Å²) in [5.74, 6) is 1.81. The fraction of sp³-hybridized carbons (Fsp3) is 0.267. The van der Waals surface area contributed by atoms with E-state index in [0.717, 1.165) is 24.0 Å². The number of rotatable bonds is 4. The predicted molar refractivity (Wildman–Crippen MR) is 80.6 cm³/mol. The lowest BCUT2D eigenvalue weighted by Gasteiger charge is -2.26. The van der Waals surface area contributed by atoms with Crippen molar-refractivity contribution in [3.05, 3.63) is 30.5 Å². The topological polar surface area (TPSA) is 96.0 Å². The molecule has 0 aliphatic carbocycles. The van der Waals surface area contributed by atoms with E-state index in [1.54, 1.807) is 30.5 Å². The highest BCUT2D eigenvalue weighted by atomic mass is 16.5. The molecule has 7 heteroatoms. The predicted octanol–water partition coefficient (Wildman–Crippen LogP) is 1.32. The summed E-state index contributed by atoms with van der Waals surface area (Å²) in [6.45, 7) is 2.58. The third-order valence-corrected chi connectivity index (χ3v) is 3.72. The molecule has 4 rings (SSSR count). The average molecular weight is 297 g/mol. The van der Waals surface area contributed by atoms with E-state index in [1.165, 1.54) is 0 Å². The monoisotopic (exact) mass is 297 g/mol. The van der Waals surface area contributed by atoms with Crippen molar-refractivity contribution in [3.8, 4) is 23.0 Å². The van der Waals surface area contributed by atoms with Gasteiger partial charge in [0.1, 0.15) is 11.1 Å². The van der Waals surface area contributed by atoms with Crippen LogP contribution in [0.15, 0.2) is 30.5 Å². The molecule has 0 radical (unpaired) electrons.